The van der Waals surface area contributed by atoms with Crippen molar-refractivity contribution in [2.45, 2.75) is 76.4 Å². The molecule has 0 saturated heterocycles. The van der Waals surface area contributed by atoms with Crippen LogP contribution >= 0.6 is 15.9 Å². The number of rotatable bonds is 11. The molecule has 1 fully saturated rings. The van der Waals surface area contributed by atoms with Crippen LogP contribution in [0.3, 0.4) is 0 Å². The van der Waals surface area contributed by atoms with E-state index in [4.69, 9.17) is 0 Å². The Kier molecular flexibility index (Phi) is 9.85. The Morgan fingerprint density at radius 1 is 1.00 bits per heavy atom. The summed E-state index contributed by atoms with van der Waals surface area (Å²) in [6.45, 7) is 5.21. The summed E-state index contributed by atoms with van der Waals surface area (Å²) in [5, 5.41) is 0. The van der Waals surface area contributed by atoms with Gasteiger partial charge < -0.3 is 9.47 Å². The van der Waals surface area contributed by atoms with Gasteiger partial charge in [0.2, 0.25) is 15.9 Å². The van der Waals surface area contributed by atoms with Gasteiger partial charge in [-0.25, -0.2) is 8.42 Å². The molecule has 0 atom stereocenters. The predicted molar refractivity (Wildman–Crippen MR) is 155 cm³/mol. The molecule has 1 amide bonds. The summed E-state index contributed by atoms with van der Waals surface area (Å²) in [6.07, 6.45) is 7.96. The predicted octanol–water partition coefficient (Wildman–Crippen LogP) is 6.37. The first-order chi connectivity index (χ1) is 18.3. The van der Waals surface area contributed by atoms with Gasteiger partial charge in [-0.3, -0.25) is 4.79 Å². The van der Waals surface area contributed by atoms with Gasteiger partial charge in [0, 0.05) is 35.5 Å². The van der Waals surface area contributed by atoms with Crippen molar-refractivity contribution in [3.8, 4) is 0 Å². The van der Waals surface area contributed by atoms with Crippen LogP contribution < -0.4 is 0 Å². The van der Waals surface area contributed by atoms with Gasteiger partial charge in [-0.05, 0) is 68.1 Å². The van der Waals surface area contributed by atoms with Crippen molar-refractivity contribution in [1.29, 1.82) is 0 Å². The standard InChI is InChI=1S/C30H38BrN3O3S/c1-3-19-33(38(36,37)29-17-11-24(2)12-18-29)23-30(35)34(27-8-5-4-6-9-27)22-28-10-7-20-32(28)21-25-13-15-26(31)16-14-25/h7,10-18,20,27H,3-6,8-9,19,21-23H2,1-2H3. The minimum atomic E-state index is -3.78. The molecule has 1 aliphatic rings. The Hall–Kier alpha value is -2.42. The van der Waals surface area contributed by atoms with Crippen LogP contribution in [0.5, 0.6) is 0 Å². The quantitative estimate of drug-likeness (QED) is 0.257. The second kappa shape index (κ2) is 13.1. The molecule has 0 N–H and O–H groups in total. The van der Waals surface area contributed by atoms with Crippen LogP contribution in [0.15, 0.2) is 76.2 Å². The number of hydrogen-bond acceptors (Lipinski definition) is 3. The summed E-state index contributed by atoms with van der Waals surface area (Å²) >= 11 is 3.50. The van der Waals surface area contributed by atoms with E-state index in [2.05, 4.69) is 38.7 Å². The SMILES string of the molecule is CCCN(CC(=O)N(Cc1cccn1Cc1ccc(Br)cc1)C1CCCCC1)S(=O)(=O)c1ccc(C)cc1. The number of aryl methyl sites for hydroxylation is 1. The molecular formula is C30H38BrN3O3S. The highest BCUT2D eigenvalue weighted by Crippen LogP contribution is 2.26. The van der Waals surface area contributed by atoms with Crippen molar-refractivity contribution in [2.24, 2.45) is 0 Å². The number of carbonyl (C=O) groups is 1. The van der Waals surface area contributed by atoms with E-state index in [0.29, 0.717) is 26.1 Å². The van der Waals surface area contributed by atoms with Gasteiger partial charge in [0.15, 0.2) is 0 Å². The van der Waals surface area contributed by atoms with Gasteiger partial charge in [0.05, 0.1) is 18.0 Å². The highest BCUT2D eigenvalue weighted by molar-refractivity contribution is 9.10. The molecule has 8 heteroatoms. The molecule has 0 radical (unpaired) electrons. The zero-order valence-electron chi connectivity index (χ0n) is 22.4. The number of aromatic nitrogens is 1. The van der Waals surface area contributed by atoms with Gasteiger partial charge in [-0.2, -0.15) is 4.31 Å². The largest absolute Gasteiger partial charge is 0.345 e. The Morgan fingerprint density at radius 3 is 2.34 bits per heavy atom. The Balaban J connectivity index is 1.57. The van der Waals surface area contributed by atoms with Crippen molar-refractivity contribution in [2.75, 3.05) is 13.1 Å². The molecule has 4 rings (SSSR count). The number of nitrogens with zero attached hydrogens (tertiary/aromatic N) is 3. The van der Waals surface area contributed by atoms with Gasteiger partial charge in [-0.15, -0.1) is 0 Å². The minimum Gasteiger partial charge on any atom is -0.345 e. The first kappa shape index (κ1) is 28.6. The molecule has 0 unspecified atom stereocenters. The van der Waals surface area contributed by atoms with E-state index in [-0.39, 0.29) is 23.4 Å². The van der Waals surface area contributed by atoms with E-state index in [1.807, 2.05) is 43.1 Å². The zero-order valence-corrected chi connectivity index (χ0v) is 24.8. The lowest BCUT2D eigenvalue weighted by atomic mass is 9.94. The van der Waals surface area contributed by atoms with Crippen molar-refractivity contribution in [3.05, 3.63) is 88.2 Å². The Labute approximate surface area is 235 Å². The number of carbonyl (C=O) groups excluding carboxylic acids is 1. The summed E-state index contributed by atoms with van der Waals surface area (Å²) in [7, 11) is -3.78. The van der Waals surface area contributed by atoms with Crippen LogP contribution in [0, 0.1) is 6.92 Å². The Morgan fingerprint density at radius 2 is 1.68 bits per heavy atom. The molecule has 1 heterocycles. The summed E-state index contributed by atoms with van der Waals surface area (Å²) in [6, 6.07) is 19.3. The lowest BCUT2D eigenvalue weighted by Crippen LogP contribution is -2.47. The van der Waals surface area contributed by atoms with Crippen LogP contribution in [0.1, 0.15) is 62.3 Å². The fraction of sp³-hybridized carbons (Fsp3) is 0.433. The van der Waals surface area contributed by atoms with Crippen molar-refractivity contribution >= 4 is 31.9 Å². The van der Waals surface area contributed by atoms with Gasteiger partial charge in [0.25, 0.3) is 0 Å². The average Bonchev–Trinajstić information content (AvgIpc) is 3.35. The molecule has 1 aromatic heterocycles. The molecule has 204 valence electrons. The average molecular weight is 601 g/mol. The molecule has 1 aliphatic carbocycles. The van der Waals surface area contributed by atoms with Gasteiger partial charge >= 0.3 is 0 Å². The monoisotopic (exact) mass is 599 g/mol. The number of sulfonamides is 1. The molecule has 1 saturated carbocycles. The summed E-state index contributed by atoms with van der Waals surface area (Å²) in [5.74, 6) is -0.127. The van der Waals surface area contributed by atoms with Crippen LogP contribution in [0.4, 0.5) is 0 Å². The van der Waals surface area contributed by atoms with Crippen molar-refractivity contribution in [1.82, 2.24) is 13.8 Å². The molecule has 38 heavy (non-hydrogen) atoms. The highest BCUT2D eigenvalue weighted by atomic mass is 79.9. The molecule has 6 nitrogen and oxygen atoms in total. The van der Waals surface area contributed by atoms with E-state index in [0.717, 1.165) is 41.4 Å². The maximum atomic E-state index is 13.9. The molecule has 0 spiro atoms. The fourth-order valence-corrected chi connectivity index (χ4v) is 6.90. The molecule has 3 aromatic rings. The van der Waals surface area contributed by atoms with E-state index < -0.39 is 10.0 Å². The van der Waals surface area contributed by atoms with E-state index in [1.54, 1.807) is 24.3 Å². The van der Waals surface area contributed by atoms with Crippen LogP contribution in [-0.2, 0) is 27.9 Å². The van der Waals surface area contributed by atoms with E-state index >= 15 is 0 Å². The molecule has 0 aliphatic heterocycles. The maximum Gasteiger partial charge on any atom is 0.243 e. The van der Waals surface area contributed by atoms with Crippen LogP contribution in [-0.4, -0.2) is 47.2 Å². The first-order valence-corrected chi connectivity index (χ1v) is 15.8. The third-order valence-electron chi connectivity index (χ3n) is 7.30. The lowest BCUT2D eigenvalue weighted by Gasteiger charge is -2.36. The smallest absolute Gasteiger partial charge is 0.243 e. The number of hydrogen-bond donors (Lipinski definition) is 0. The first-order valence-electron chi connectivity index (χ1n) is 13.5. The zero-order chi connectivity index (χ0) is 27.1. The van der Waals surface area contributed by atoms with Gasteiger partial charge in [-0.1, -0.05) is 71.9 Å². The van der Waals surface area contributed by atoms with Crippen LogP contribution in [0.25, 0.3) is 0 Å². The third-order valence-corrected chi connectivity index (χ3v) is 9.69. The molecular weight excluding hydrogens is 562 g/mol. The minimum absolute atomic E-state index is 0.123. The maximum absolute atomic E-state index is 13.9. The topological polar surface area (TPSA) is 62.6 Å². The molecule has 0 bridgehead atoms. The van der Waals surface area contributed by atoms with Crippen LogP contribution in [0.2, 0.25) is 0 Å². The number of halogens is 1. The van der Waals surface area contributed by atoms with Crippen molar-refractivity contribution < 1.29 is 13.2 Å². The van der Waals surface area contributed by atoms with E-state index in [9.17, 15) is 13.2 Å². The highest BCUT2D eigenvalue weighted by Gasteiger charge is 2.31. The second-order valence-electron chi connectivity index (χ2n) is 10.2. The Bertz CT molecular complexity index is 1300. The summed E-state index contributed by atoms with van der Waals surface area (Å²) in [5.41, 5.74) is 3.23. The normalized spacial score (nSPS) is 14.6. The van der Waals surface area contributed by atoms with Crippen molar-refractivity contribution in [3.63, 3.8) is 0 Å². The fourth-order valence-electron chi connectivity index (χ4n) is 5.16. The summed E-state index contributed by atoms with van der Waals surface area (Å²) < 4.78 is 31.6. The second-order valence-corrected chi connectivity index (χ2v) is 13.1. The van der Waals surface area contributed by atoms with E-state index in [1.165, 1.54) is 16.3 Å². The summed E-state index contributed by atoms with van der Waals surface area (Å²) in [4.78, 5) is 16.1. The molecule has 2 aromatic carbocycles. The lowest BCUT2D eigenvalue weighted by molar-refractivity contribution is -0.135. The number of benzene rings is 2. The number of amides is 1. The van der Waals surface area contributed by atoms with Gasteiger partial charge in [0.1, 0.15) is 0 Å². The third kappa shape index (κ3) is 7.16.